The van der Waals surface area contributed by atoms with Gasteiger partial charge in [-0.3, -0.25) is 19.2 Å². The molecule has 0 spiro atoms. The van der Waals surface area contributed by atoms with Gasteiger partial charge in [0.25, 0.3) is 0 Å². The Labute approximate surface area is 797 Å². The molecule has 4 saturated carbocycles. The number of likely N-dealkylation sites (N-methyl/N-ethyl adjacent to an activating group) is 2. The molecule has 14 fully saturated rings. The first-order valence-corrected chi connectivity index (χ1v) is 50.6. The Morgan fingerprint density at radius 1 is 0.463 bits per heavy atom. The number of hydrogen-bond donors (Lipinski definition) is 3. The molecule has 3 N–H and O–H groups in total. The molecule has 6 unspecified atom stereocenters. The number of Topliss-reactive ketones (excluding diaryl/α,β-unsaturated/α-hetero) is 2. The molecular weight excluding hydrogens is 1720 g/mol. The number of nitrogens with zero attached hydrogens (tertiary/aromatic N) is 5. The lowest BCUT2D eigenvalue weighted by atomic mass is 9.66. The summed E-state index contributed by atoms with van der Waals surface area (Å²) in [7, 11) is 17.0. The van der Waals surface area contributed by atoms with Crippen molar-refractivity contribution in [2.45, 2.75) is 337 Å². The van der Waals surface area contributed by atoms with Crippen molar-refractivity contribution in [1.29, 1.82) is 0 Å². The van der Waals surface area contributed by atoms with Crippen molar-refractivity contribution in [3.63, 3.8) is 0 Å². The quantitative estimate of drug-likeness (QED) is 0.0560. The number of anilines is 3. The van der Waals surface area contributed by atoms with Crippen LogP contribution < -0.4 is 25.5 Å². The van der Waals surface area contributed by atoms with Crippen molar-refractivity contribution in [2.24, 2.45) is 71.0 Å². The molecule has 0 bridgehead atoms. The largest absolute Gasteiger partial charge is 0.488 e. The van der Waals surface area contributed by atoms with Crippen LogP contribution in [0.3, 0.4) is 0 Å². The van der Waals surface area contributed by atoms with Crippen LogP contribution in [0.5, 0.6) is 0 Å². The van der Waals surface area contributed by atoms with Gasteiger partial charge in [-0.1, -0.05) is 65.5 Å². The highest BCUT2D eigenvalue weighted by atomic mass is 16.7. The van der Waals surface area contributed by atoms with Crippen LogP contribution in [-0.4, -0.2) is 333 Å². The second-order valence-electron chi connectivity index (χ2n) is 41.5. The maximum atomic E-state index is 15.3. The van der Waals surface area contributed by atoms with E-state index >= 15 is 4.79 Å². The summed E-state index contributed by atoms with van der Waals surface area (Å²) < 4.78 is 112. The van der Waals surface area contributed by atoms with Crippen molar-refractivity contribution in [3.05, 3.63) is 71.8 Å². The van der Waals surface area contributed by atoms with Crippen molar-refractivity contribution in [1.82, 2.24) is 15.1 Å². The van der Waals surface area contributed by atoms with Gasteiger partial charge in [-0.05, 0) is 253 Å². The summed E-state index contributed by atoms with van der Waals surface area (Å²) in [6, 6.07) is 17.9. The SMILES string of the molecule is C.CC[C@H]1CCC[C@H](O[C@H]2CC[C@H](N(C)C)C(C)O2)[C@@H](C)C(=O)C2=C[C@H]3[C@@H]4C[C@H](O[C@@H]5OC(C)[C@H](OC)C(OC)[C@@H]5OC)C[C@H]4[C@@H]4N[C@@H]4[C@H]3[C@@H]2CC(=O)O1.CC[C@H]1CCC[C@H](O[C@H]2CC[C@H](N(C)C)C(C)O2)[C@@H](C)C(=O)C2=C[C@H]3[C@@H]4C[C@H](O[C@@H]5OC(C)[C@H](OC)C(OC)[C@@H]5OC)C[C@H]4[C@H]4[C@@H]([C@H]3[C@@H]2CC(=O)O1)N4c1cccc(N2CCOCC2)c1.OB(O)c1cccc(N2CCOCC2)c1. The summed E-state index contributed by atoms with van der Waals surface area (Å²) in [5.41, 5.74) is 5.51. The third-order valence-corrected chi connectivity index (χ3v) is 33.7. The summed E-state index contributed by atoms with van der Waals surface area (Å²) in [4.78, 5) is 69.6. The predicted octanol–water partition coefficient (Wildman–Crippen LogP) is 10.1. The van der Waals surface area contributed by atoms with E-state index in [2.05, 4.69) is 122 Å². The summed E-state index contributed by atoms with van der Waals surface area (Å²) >= 11 is 0. The Bertz CT molecular complexity index is 4240. The molecule has 30 nitrogen and oxygen atoms in total. The second-order valence-corrected chi connectivity index (χ2v) is 41.5. The molecule has 16 aliphatic rings. The molecule has 134 heavy (non-hydrogen) atoms. The number of ether oxygens (including phenoxy) is 18. The van der Waals surface area contributed by atoms with Crippen LogP contribution in [0.1, 0.15) is 178 Å². The van der Waals surface area contributed by atoms with E-state index in [1.165, 1.54) is 11.4 Å². The standard InChI is InChI=1S/C51H77N3O11.C41H66N2O10.C10H14BNO3.CH4/c1-10-33-15-12-16-41(65-43-18-17-40(52(5)6)29(3)61-43)28(2)47(56)39-26-36-35-24-34(64-51-50(59-9)49(58-8)48(57-7)30(4)62-51)25-38(35)45-46(44(36)37(39)27-42(55)63-33)54(45)32-14-11-13-31(23-32)53-19-21-60-22-20-53;1-10-23-12-11-13-31(53-33-15-14-30(43(5)6)21(3)49-33)20(2)37(45)29-18-26-25-16-24(52-41-40(48-9)39(47-8)38(46-7)22(4)50-41)17-28(25)35-36(42-35)34(26)27(29)19-32(44)51-23;13-11(14)9-2-1-3-10(8-9)12-4-6-15-7-5-12;/h11,13-14,23,26,28-30,33-38,40-41,43-46,48-51H,10,12,15-22,24-25,27H2,1-9H3;18,20-28,30-31,33-36,38-42H,10-17,19H2,1-9H3;1-3,8,13-14H,4-7H2;1H4/t28-,29?,30?,33+,34+,35+,36+,37-,38-,40+,41+,43+,44-,45+,46-,48+,49?,50+,51+,54?;20-,21?,22?,23+,24+,25+,26+,27-,28-,30+,31+,33+,34-,35+,36-,38+,39?,40+,41+;;/m11../s1. The summed E-state index contributed by atoms with van der Waals surface area (Å²) in [5.74, 6) is 0.306. The van der Waals surface area contributed by atoms with Gasteiger partial charge in [-0.2, -0.15) is 0 Å². The Hall–Kier alpha value is -5.18. The van der Waals surface area contributed by atoms with Gasteiger partial charge in [-0.25, -0.2) is 0 Å². The van der Waals surface area contributed by atoms with Crippen LogP contribution in [0.15, 0.2) is 71.8 Å². The normalized spacial score (nSPS) is 42.2. The Morgan fingerprint density at radius 2 is 0.888 bits per heavy atom. The highest BCUT2D eigenvalue weighted by Crippen LogP contribution is 2.66. The van der Waals surface area contributed by atoms with Crippen LogP contribution >= 0.6 is 0 Å². The van der Waals surface area contributed by atoms with Crippen molar-refractivity contribution in [3.8, 4) is 0 Å². The minimum atomic E-state index is -1.40. The number of morpholine rings is 2. The predicted molar refractivity (Wildman–Crippen MR) is 506 cm³/mol. The number of allylic oxidation sites excluding steroid dienone is 4. The van der Waals surface area contributed by atoms with Gasteiger partial charge in [0.15, 0.2) is 36.7 Å². The minimum absolute atomic E-state index is 0. The average Bonchev–Trinajstić information content (AvgIpc) is 1.51. The van der Waals surface area contributed by atoms with Crippen LogP contribution in [0, 0.1) is 71.0 Å². The molecule has 18 rings (SSSR count). The molecule has 10 aliphatic heterocycles. The monoisotopic (exact) mass is 1880 g/mol. The van der Waals surface area contributed by atoms with Gasteiger partial charge in [0.05, 0.1) is 100 Å². The van der Waals surface area contributed by atoms with E-state index in [4.69, 9.17) is 95.3 Å². The zero-order valence-corrected chi connectivity index (χ0v) is 82.3. The minimum Gasteiger partial charge on any atom is -0.462 e. The molecule has 31 heteroatoms. The van der Waals surface area contributed by atoms with Gasteiger partial charge >= 0.3 is 19.1 Å². The fourth-order valence-corrected chi connectivity index (χ4v) is 26.8. The number of nitrogens with one attached hydrogen (secondary N) is 1. The first-order valence-electron chi connectivity index (χ1n) is 50.6. The highest BCUT2D eigenvalue weighted by molar-refractivity contribution is 6.58. The molecular formula is C103H161BN6O24. The van der Waals surface area contributed by atoms with Gasteiger partial charge in [0.1, 0.15) is 48.8 Å². The molecule has 0 radical (unpaired) electrons. The van der Waals surface area contributed by atoms with Gasteiger partial charge in [0.2, 0.25) is 0 Å². The van der Waals surface area contributed by atoms with Crippen LogP contribution in [0.4, 0.5) is 17.1 Å². The number of esters is 2. The molecule has 6 aliphatic carbocycles. The van der Waals surface area contributed by atoms with E-state index < -0.39 is 37.8 Å². The first kappa shape index (κ1) is 103. The smallest absolute Gasteiger partial charge is 0.462 e. The van der Waals surface area contributed by atoms with E-state index in [1.807, 2.05) is 39.8 Å². The maximum absolute atomic E-state index is 15.3. The van der Waals surface area contributed by atoms with Crippen molar-refractivity contribution in [2.75, 3.05) is 138 Å². The van der Waals surface area contributed by atoms with E-state index in [9.17, 15) is 14.4 Å². The number of methoxy groups -OCH3 is 6. The lowest BCUT2D eigenvalue weighted by Gasteiger charge is -2.44. The second kappa shape index (κ2) is 45.8. The molecule has 10 heterocycles. The molecule has 38 atom stereocenters. The molecule has 2 aromatic carbocycles. The number of cyclic esters (lactones) is 2. The summed E-state index contributed by atoms with van der Waals surface area (Å²) in [5, 5.41) is 21.9. The van der Waals surface area contributed by atoms with Crippen LogP contribution in [-0.2, 0) is 104 Å². The number of hydrogen-bond acceptors (Lipinski definition) is 30. The topological polar surface area (TPSA) is 313 Å². The van der Waals surface area contributed by atoms with Gasteiger partial charge < -0.3 is 125 Å². The van der Waals surface area contributed by atoms with Crippen molar-refractivity contribution >= 4 is 53.1 Å². The number of ketones is 2. The third-order valence-electron chi connectivity index (χ3n) is 33.7. The maximum Gasteiger partial charge on any atom is 0.488 e. The first-order chi connectivity index (χ1) is 64.2. The highest BCUT2D eigenvalue weighted by Gasteiger charge is 2.70. The number of carbonyl (C=O) groups is 4. The Balaban J connectivity index is 0.000000178. The Morgan fingerprint density at radius 3 is 1.34 bits per heavy atom. The van der Waals surface area contributed by atoms with Crippen LogP contribution in [0.2, 0.25) is 0 Å². The number of fused-ring (bicyclic) bond motifs is 16. The molecule has 750 valence electrons. The lowest BCUT2D eigenvalue weighted by molar-refractivity contribution is -0.314. The third kappa shape index (κ3) is 22.2. The Kier molecular flexibility index (Phi) is 35.3. The fraction of sp³-hybridized carbons (Fsp3) is 0.806. The summed E-state index contributed by atoms with van der Waals surface area (Å²) in [6.45, 7) is 22.8. The van der Waals surface area contributed by atoms with Crippen molar-refractivity contribution < 1.29 is 114 Å². The average molecular weight is 1880 g/mol. The number of benzene rings is 2. The van der Waals surface area contributed by atoms with Gasteiger partial charge in [-0.15, -0.1) is 0 Å². The molecule has 0 amide bonds. The van der Waals surface area contributed by atoms with Gasteiger partial charge in [0, 0.05) is 134 Å². The molecule has 2 aromatic rings. The number of rotatable bonds is 22. The number of carbonyl (C=O) groups excluding carboxylic acids is 4. The van der Waals surface area contributed by atoms with E-state index in [0.717, 1.165) is 146 Å². The molecule has 0 aromatic heterocycles. The molecule has 10 saturated heterocycles. The lowest BCUT2D eigenvalue weighted by Crippen LogP contribution is -2.59. The van der Waals surface area contributed by atoms with E-state index in [1.54, 1.807) is 54.8 Å². The fourth-order valence-electron chi connectivity index (χ4n) is 26.8. The zero-order valence-electron chi connectivity index (χ0n) is 82.3. The summed E-state index contributed by atoms with van der Waals surface area (Å²) in [6.07, 6.45) is 12.4. The van der Waals surface area contributed by atoms with Crippen LogP contribution in [0.25, 0.3) is 0 Å². The van der Waals surface area contributed by atoms with E-state index in [-0.39, 0.29) is 207 Å². The zero-order chi connectivity index (χ0) is 94.1. The van der Waals surface area contributed by atoms with E-state index in [0.29, 0.717) is 67.4 Å².